The maximum absolute atomic E-state index is 12.4. The highest BCUT2D eigenvalue weighted by molar-refractivity contribution is 7.99. The van der Waals surface area contributed by atoms with E-state index in [1.165, 1.54) is 24.7 Å². The van der Waals surface area contributed by atoms with Gasteiger partial charge >= 0.3 is 15.6 Å². The Kier molecular flexibility index (Phi) is 13.5. The summed E-state index contributed by atoms with van der Waals surface area (Å²) in [5.41, 5.74) is 4.62. The third-order valence-corrected chi connectivity index (χ3v) is 10.1. The first kappa shape index (κ1) is 38.2. The highest BCUT2D eigenvalue weighted by atomic mass is 32.2. The van der Waals surface area contributed by atoms with E-state index >= 15 is 0 Å². The molecule has 2 unspecified atom stereocenters. The Balaban J connectivity index is 1.47. The summed E-state index contributed by atoms with van der Waals surface area (Å²) in [4.78, 5) is 56.1. The van der Waals surface area contributed by atoms with Crippen molar-refractivity contribution in [3.05, 3.63) is 12.7 Å². The van der Waals surface area contributed by atoms with Gasteiger partial charge in [-0.05, 0) is 5.75 Å². The Morgan fingerprint density at radius 2 is 1.83 bits per heavy atom. The second-order valence-corrected chi connectivity index (χ2v) is 15.1. The number of carbonyl (C=O) groups excluding carboxylic acids is 2. The quantitative estimate of drug-likeness (QED) is 0.0681. The summed E-state index contributed by atoms with van der Waals surface area (Å²) >= 11 is 1.66. The van der Waals surface area contributed by atoms with Gasteiger partial charge in [-0.15, -0.1) is 0 Å². The molecule has 7 atom stereocenters. The second kappa shape index (κ2) is 16.2. The molecule has 46 heavy (non-hydrogen) atoms. The predicted octanol–water partition coefficient (Wildman–Crippen LogP) is -0.959. The number of phosphoric ester groups is 2. The molecule has 23 heteroatoms. The fraction of sp³-hybridized carbons (Fsp3) is 0.696. The van der Waals surface area contributed by atoms with Crippen LogP contribution in [0.25, 0.3) is 11.2 Å². The van der Waals surface area contributed by atoms with Crippen molar-refractivity contribution in [2.24, 2.45) is 5.41 Å². The molecule has 0 saturated carbocycles. The van der Waals surface area contributed by atoms with Crippen molar-refractivity contribution in [2.45, 2.75) is 57.8 Å². The Morgan fingerprint density at radius 3 is 2.52 bits per heavy atom. The van der Waals surface area contributed by atoms with Gasteiger partial charge in [-0.2, -0.15) is 16.1 Å². The molecule has 0 radical (unpaired) electrons. The predicted molar refractivity (Wildman–Crippen MR) is 162 cm³/mol. The first-order valence-corrected chi connectivity index (χ1v) is 18.0. The van der Waals surface area contributed by atoms with Crippen LogP contribution in [-0.4, -0.2) is 119 Å². The molecule has 1 fully saturated rings. The van der Waals surface area contributed by atoms with Crippen LogP contribution in [0.4, 0.5) is 5.82 Å². The van der Waals surface area contributed by atoms with Gasteiger partial charge in [0.2, 0.25) is 11.8 Å². The van der Waals surface area contributed by atoms with Crippen molar-refractivity contribution in [1.29, 1.82) is 0 Å². The number of ether oxygens (including phenoxy) is 1. The highest BCUT2D eigenvalue weighted by Crippen LogP contribution is 2.61. The number of amides is 2. The van der Waals surface area contributed by atoms with Crippen molar-refractivity contribution < 1.29 is 61.9 Å². The van der Waals surface area contributed by atoms with Crippen LogP contribution < -0.4 is 16.4 Å². The van der Waals surface area contributed by atoms with Crippen LogP contribution in [0.15, 0.2) is 12.7 Å². The zero-order valence-corrected chi connectivity index (χ0v) is 27.8. The van der Waals surface area contributed by atoms with E-state index in [-0.39, 0.29) is 35.9 Å². The number of thioether (sulfide) groups is 1. The lowest BCUT2D eigenvalue weighted by molar-refractivity contribution is -0.137. The summed E-state index contributed by atoms with van der Waals surface area (Å²) in [7, 11) is -10.7. The van der Waals surface area contributed by atoms with Gasteiger partial charge in [-0.3, -0.25) is 23.2 Å². The maximum Gasteiger partial charge on any atom is 0.481 e. The van der Waals surface area contributed by atoms with E-state index in [9.17, 15) is 43.8 Å². The molecule has 1 aliphatic rings. The number of hydrogen-bond acceptors (Lipinski definition) is 16. The van der Waals surface area contributed by atoms with Crippen molar-refractivity contribution >= 4 is 56.2 Å². The SMILES string of the molecule is CCSCCNC(=O)CCNC(=O)[C@H](O)C(C)(C)COP(=O)(O)OP(=O)(O)OC[C@H]1O[C@@H](n2cnc3c(N)ncnc32)[C@H](O)[C@@H]1O. The van der Waals surface area contributed by atoms with Crippen LogP contribution >= 0.6 is 27.4 Å². The number of nitrogens with zero attached hydrogens (tertiary/aromatic N) is 4. The molecule has 0 spiro atoms. The molecule has 0 aliphatic carbocycles. The number of fused-ring (bicyclic) bond motifs is 1. The smallest absolute Gasteiger partial charge is 0.387 e. The number of aliphatic hydroxyl groups excluding tert-OH is 3. The van der Waals surface area contributed by atoms with Crippen LogP contribution in [-0.2, 0) is 36.8 Å². The molecule has 1 aliphatic heterocycles. The lowest BCUT2D eigenvalue weighted by atomic mass is 9.87. The summed E-state index contributed by atoms with van der Waals surface area (Å²) in [6.07, 6.45) is -5.34. The van der Waals surface area contributed by atoms with Crippen LogP contribution in [0.3, 0.4) is 0 Å². The third-order valence-electron chi connectivity index (χ3n) is 6.62. The van der Waals surface area contributed by atoms with E-state index < -0.39 is 70.8 Å². The molecule has 2 aromatic rings. The van der Waals surface area contributed by atoms with Crippen LogP contribution in [0, 0.1) is 5.41 Å². The third kappa shape index (κ3) is 10.4. The summed E-state index contributed by atoms with van der Waals surface area (Å²) in [6.45, 7) is 3.34. The molecule has 2 aromatic heterocycles. The van der Waals surface area contributed by atoms with Gasteiger partial charge in [-0.1, -0.05) is 20.8 Å². The second-order valence-electron chi connectivity index (χ2n) is 10.7. The van der Waals surface area contributed by atoms with Gasteiger partial charge in [0.05, 0.1) is 19.5 Å². The van der Waals surface area contributed by atoms with E-state index in [2.05, 4.69) is 29.9 Å². The average Bonchev–Trinajstić information content (AvgIpc) is 3.53. The van der Waals surface area contributed by atoms with Gasteiger partial charge in [-0.25, -0.2) is 24.1 Å². The molecule has 1 saturated heterocycles. The normalized spacial score (nSPS) is 23.5. The average molecular weight is 716 g/mol. The van der Waals surface area contributed by atoms with E-state index in [4.69, 9.17) is 19.5 Å². The van der Waals surface area contributed by atoms with E-state index in [1.54, 1.807) is 11.8 Å². The number of aliphatic hydroxyl groups is 3. The molecule has 20 nitrogen and oxygen atoms in total. The number of anilines is 1. The Labute approximate surface area is 267 Å². The Bertz CT molecular complexity index is 1450. The van der Waals surface area contributed by atoms with Crippen molar-refractivity contribution in [3.63, 3.8) is 0 Å². The summed E-state index contributed by atoms with van der Waals surface area (Å²) in [5, 5.41) is 36.4. The minimum absolute atomic E-state index is 0.0370. The van der Waals surface area contributed by atoms with Crippen molar-refractivity contribution in [2.75, 3.05) is 43.5 Å². The van der Waals surface area contributed by atoms with E-state index in [0.29, 0.717) is 6.54 Å². The molecule has 3 heterocycles. The van der Waals surface area contributed by atoms with Crippen LogP contribution in [0.1, 0.15) is 33.4 Å². The van der Waals surface area contributed by atoms with E-state index in [1.807, 2.05) is 6.92 Å². The number of phosphoric acid groups is 2. The summed E-state index contributed by atoms with van der Waals surface area (Å²) in [6, 6.07) is 0. The van der Waals surface area contributed by atoms with Gasteiger partial charge in [0.15, 0.2) is 17.7 Å². The number of imidazole rings is 1. The lowest BCUT2D eigenvalue weighted by Gasteiger charge is -2.30. The molecule has 3 rings (SSSR count). The number of nitrogen functional groups attached to an aromatic ring is 1. The molecule has 2 amide bonds. The molecular weight excluding hydrogens is 676 g/mol. The topological polar surface area (TPSA) is 300 Å². The van der Waals surface area contributed by atoms with Gasteiger partial charge in [0.25, 0.3) is 0 Å². The lowest BCUT2D eigenvalue weighted by Crippen LogP contribution is -2.46. The number of rotatable bonds is 18. The number of carbonyl (C=O) groups is 2. The highest BCUT2D eigenvalue weighted by Gasteiger charge is 2.46. The van der Waals surface area contributed by atoms with Crippen molar-refractivity contribution in [3.8, 4) is 0 Å². The molecule has 260 valence electrons. The Hall–Kier alpha value is -2.26. The zero-order chi connectivity index (χ0) is 34.3. The fourth-order valence-electron chi connectivity index (χ4n) is 4.07. The number of nitrogens with one attached hydrogen (secondary N) is 2. The largest absolute Gasteiger partial charge is 0.481 e. The molecule has 0 bridgehead atoms. The monoisotopic (exact) mass is 715 g/mol. The summed E-state index contributed by atoms with van der Waals surface area (Å²) in [5.74, 6) is 0.545. The molecular formula is C23H39N7O13P2S. The summed E-state index contributed by atoms with van der Waals surface area (Å²) < 4.78 is 45.5. The minimum atomic E-state index is -5.35. The van der Waals surface area contributed by atoms with Gasteiger partial charge in [0.1, 0.15) is 36.3 Å². The van der Waals surface area contributed by atoms with Crippen LogP contribution in [0.2, 0.25) is 0 Å². The maximum atomic E-state index is 12.4. The molecule has 0 aromatic carbocycles. The number of aromatic nitrogens is 4. The van der Waals surface area contributed by atoms with Gasteiger partial charge in [0, 0.05) is 30.7 Å². The fourth-order valence-corrected chi connectivity index (χ4v) is 6.86. The van der Waals surface area contributed by atoms with Gasteiger partial charge < -0.3 is 46.2 Å². The number of nitrogens with two attached hydrogens (primary N) is 1. The van der Waals surface area contributed by atoms with Crippen LogP contribution in [0.5, 0.6) is 0 Å². The first-order chi connectivity index (χ1) is 21.5. The Morgan fingerprint density at radius 1 is 1.13 bits per heavy atom. The number of hydrogen-bond donors (Lipinski definition) is 8. The minimum Gasteiger partial charge on any atom is -0.387 e. The first-order valence-electron chi connectivity index (χ1n) is 13.9. The standard InChI is InChI=1S/C23H39N7O13P2S/c1-4-46-8-7-25-14(31)5-6-26-21(35)18(34)23(2,3)10-41-45(38,39)43-44(36,37)40-9-13-16(32)17(33)22(42-13)30-12-29-15-19(24)27-11-28-20(15)30/h11-13,16-18,22,32-34H,4-10H2,1-3H3,(H,25,31)(H,26,35)(H,36,37)(H,38,39)(H2,24,27,28)/t13-,16-,17-,18+,22-/m1/s1. The van der Waals surface area contributed by atoms with E-state index in [0.717, 1.165) is 17.8 Å². The zero-order valence-electron chi connectivity index (χ0n) is 25.2. The van der Waals surface area contributed by atoms with Crippen molar-refractivity contribution in [1.82, 2.24) is 30.2 Å². The molecule has 9 N–H and O–H groups in total.